The molecule has 1 heterocycles. The molecule has 0 spiro atoms. The maximum atomic E-state index is 12.2. The van der Waals surface area contributed by atoms with Crippen molar-refractivity contribution in [2.24, 2.45) is 0 Å². The number of hydrogen-bond acceptors (Lipinski definition) is 5. The highest BCUT2D eigenvalue weighted by molar-refractivity contribution is 7.92. The quantitative estimate of drug-likeness (QED) is 0.890. The number of nitrogens with one attached hydrogen (secondary N) is 1. The van der Waals surface area contributed by atoms with Crippen LogP contribution in [-0.4, -0.2) is 32.6 Å². The van der Waals surface area contributed by atoms with E-state index in [1.807, 2.05) is 13.8 Å². The van der Waals surface area contributed by atoms with Crippen LogP contribution in [0.15, 0.2) is 46.7 Å². The molecule has 0 bridgehead atoms. The molecular formula is C13H17N3O4S2. The highest BCUT2D eigenvalue weighted by Gasteiger charge is 2.18. The van der Waals surface area contributed by atoms with Crippen molar-refractivity contribution in [3.8, 4) is 0 Å². The van der Waals surface area contributed by atoms with Crippen molar-refractivity contribution in [1.29, 1.82) is 0 Å². The molecule has 0 unspecified atom stereocenters. The van der Waals surface area contributed by atoms with E-state index in [-0.39, 0.29) is 21.7 Å². The lowest BCUT2D eigenvalue weighted by Gasteiger charge is -2.07. The highest BCUT2D eigenvalue weighted by atomic mass is 32.2. The van der Waals surface area contributed by atoms with Gasteiger partial charge in [0.15, 0.2) is 14.9 Å². The summed E-state index contributed by atoms with van der Waals surface area (Å²) in [5.41, 5.74) is 0.270. The number of benzene rings is 1. The smallest absolute Gasteiger partial charge is 0.280 e. The van der Waals surface area contributed by atoms with Gasteiger partial charge in [-0.3, -0.25) is 4.72 Å². The number of anilines is 1. The Morgan fingerprint density at radius 3 is 2.14 bits per heavy atom. The number of hydrogen-bond donors (Lipinski definition) is 1. The average Bonchev–Trinajstić information content (AvgIpc) is 2.88. The van der Waals surface area contributed by atoms with E-state index in [0.717, 1.165) is 6.26 Å². The van der Waals surface area contributed by atoms with Gasteiger partial charge in [0.25, 0.3) is 10.0 Å². The zero-order valence-corrected chi connectivity index (χ0v) is 14.0. The Balaban J connectivity index is 2.25. The monoisotopic (exact) mass is 343 g/mol. The maximum absolute atomic E-state index is 12.2. The highest BCUT2D eigenvalue weighted by Crippen LogP contribution is 2.18. The van der Waals surface area contributed by atoms with Crippen LogP contribution in [0.25, 0.3) is 0 Å². The number of sulfone groups is 1. The molecule has 0 saturated carbocycles. The van der Waals surface area contributed by atoms with Crippen molar-refractivity contribution >= 4 is 25.5 Å². The van der Waals surface area contributed by atoms with E-state index in [1.165, 1.54) is 36.8 Å². The van der Waals surface area contributed by atoms with Crippen molar-refractivity contribution in [3.63, 3.8) is 0 Å². The van der Waals surface area contributed by atoms with Crippen molar-refractivity contribution in [3.05, 3.63) is 36.8 Å². The number of sulfonamides is 1. The number of nitrogens with zero attached hydrogens (tertiary/aromatic N) is 2. The van der Waals surface area contributed by atoms with E-state index in [1.54, 1.807) is 4.57 Å². The number of rotatable bonds is 5. The summed E-state index contributed by atoms with van der Waals surface area (Å²) in [5, 5.41) is -0.0895. The largest absolute Gasteiger partial charge is 0.334 e. The molecule has 0 aliphatic carbocycles. The molecule has 0 amide bonds. The van der Waals surface area contributed by atoms with Gasteiger partial charge < -0.3 is 4.57 Å². The lowest BCUT2D eigenvalue weighted by atomic mass is 10.3. The van der Waals surface area contributed by atoms with Crippen LogP contribution in [0.3, 0.4) is 0 Å². The SMILES string of the molecule is CC(C)n1cnc(S(=O)(=O)Nc2ccc(S(C)(=O)=O)cc2)c1. The number of aromatic nitrogens is 2. The molecule has 1 N–H and O–H groups in total. The third-order valence-electron chi connectivity index (χ3n) is 2.98. The van der Waals surface area contributed by atoms with Crippen molar-refractivity contribution < 1.29 is 16.8 Å². The van der Waals surface area contributed by atoms with Crippen molar-refractivity contribution in [2.75, 3.05) is 11.0 Å². The normalized spacial score (nSPS) is 12.5. The van der Waals surface area contributed by atoms with Gasteiger partial charge in [-0.2, -0.15) is 8.42 Å². The van der Waals surface area contributed by atoms with Gasteiger partial charge in [-0.15, -0.1) is 0 Å². The average molecular weight is 343 g/mol. The zero-order chi connectivity index (χ0) is 16.5. The van der Waals surface area contributed by atoms with Crippen molar-refractivity contribution in [1.82, 2.24) is 9.55 Å². The first-order valence-electron chi connectivity index (χ1n) is 6.46. The van der Waals surface area contributed by atoms with Crippen LogP contribution < -0.4 is 4.72 Å². The van der Waals surface area contributed by atoms with E-state index in [9.17, 15) is 16.8 Å². The molecule has 1 aromatic carbocycles. The fourth-order valence-electron chi connectivity index (χ4n) is 1.72. The summed E-state index contributed by atoms with van der Waals surface area (Å²) in [7, 11) is -7.12. The lowest BCUT2D eigenvalue weighted by Crippen LogP contribution is -2.13. The molecule has 120 valence electrons. The van der Waals surface area contributed by atoms with Crippen LogP contribution in [0.2, 0.25) is 0 Å². The lowest BCUT2D eigenvalue weighted by molar-refractivity contribution is 0.591. The second-order valence-corrected chi connectivity index (χ2v) is 8.80. The number of imidazole rings is 1. The Bertz CT molecular complexity index is 866. The van der Waals surface area contributed by atoms with Crippen LogP contribution in [0.5, 0.6) is 0 Å². The van der Waals surface area contributed by atoms with E-state index in [2.05, 4.69) is 9.71 Å². The predicted octanol–water partition coefficient (Wildman–Crippen LogP) is 1.67. The van der Waals surface area contributed by atoms with Gasteiger partial charge in [-0.25, -0.2) is 13.4 Å². The minimum absolute atomic E-state index is 0.0895. The molecule has 0 aliphatic rings. The Hall–Kier alpha value is -1.87. The Kier molecular flexibility index (Phi) is 4.30. The second-order valence-electron chi connectivity index (χ2n) is 5.15. The van der Waals surface area contributed by atoms with Crippen LogP contribution >= 0.6 is 0 Å². The summed E-state index contributed by atoms with van der Waals surface area (Å²) >= 11 is 0. The van der Waals surface area contributed by atoms with Gasteiger partial charge in [-0.1, -0.05) is 0 Å². The summed E-state index contributed by atoms with van der Waals surface area (Å²) in [5.74, 6) is 0. The fraction of sp³-hybridized carbons (Fsp3) is 0.308. The van der Waals surface area contributed by atoms with Gasteiger partial charge in [0.05, 0.1) is 11.2 Å². The molecule has 7 nitrogen and oxygen atoms in total. The molecule has 0 radical (unpaired) electrons. The van der Waals surface area contributed by atoms with Gasteiger partial charge in [0, 0.05) is 24.2 Å². The molecule has 22 heavy (non-hydrogen) atoms. The van der Waals surface area contributed by atoms with Crippen LogP contribution in [-0.2, 0) is 19.9 Å². The molecule has 0 atom stereocenters. The van der Waals surface area contributed by atoms with Crippen LogP contribution in [0.4, 0.5) is 5.69 Å². The minimum atomic E-state index is -3.81. The maximum Gasteiger partial charge on any atom is 0.280 e. The van der Waals surface area contributed by atoms with Crippen LogP contribution in [0, 0.1) is 0 Å². The zero-order valence-electron chi connectivity index (χ0n) is 12.4. The van der Waals surface area contributed by atoms with E-state index < -0.39 is 19.9 Å². The van der Waals surface area contributed by atoms with Gasteiger partial charge in [0.1, 0.15) is 0 Å². The molecule has 2 rings (SSSR count). The van der Waals surface area contributed by atoms with Crippen LogP contribution in [0.1, 0.15) is 19.9 Å². The third kappa shape index (κ3) is 3.66. The summed E-state index contributed by atoms with van der Waals surface area (Å²) < 4.78 is 51.2. The fourth-order valence-corrected chi connectivity index (χ4v) is 3.34. The summed E-state index contributed by atoms with van der Waals surface area (Å²) in [6.07, 6.45) is 3.98. The molecule has 0 saturated heterocycles. The standard InChI is InChI=1S/C13H17N3O4S2/c1-10(2)16-8-13(14-9-16)22(19,20)15-11-4-6-12(7-5-11)21(3,17)18/h4-10,15H,1-3H3. The third-order valence-corrected chi connectivity index (χ3v) is 5.38. The van der Waals surface area contributed by atoms with E-state index >= 15 is 0 Å². The molecule has 0 fully saturated rings. The predicted molar refractivity (Wildman–Crippen MR) is 83.0 cm³/mol. The van der Waals surface area contributed by atoms with Gasteiger partial charge in [-0.05, 0) is 38.1 Å². The molecule has 1 aromatic heterocycles. The molecular weight excluding hydrogens is 326 g/mol. The first kappa shape index (κ1) is 16.5. The first-order valence-corrected chi connectivity index (χ1v) is 9.83. The van der Waals surface area contributed by atoms with E-state index in [4.69, 9.17) is 0 Å². The molecule has 2 aromatic rings. The Labute approximate surface area is 130 Å². The first-order chi connectivity index (χ1) is 10.1. The molecule has 0 aliphatic heterocycles. The molecule has 9 heteroatoms. The summed E-state index contributed by atoms with van der Waals surface area (Å²) in [6.45, 7) is 3.82. The van der Waals surface area contributed by atoms with Crippen molar-refractivity contribution in [2.45, 2.75) is 29.8 Å². The topological polar surface area (TPSA) is 98.1 Å². The summed E-state index contributed by atoms with van der Waals surface area (Å²) in [4.78, 5) is 4.00. The summed E-state index contributed by atoms with van der Waals surface area (Å²) in [6, 6.07) is 5.59. The Morgan fingerprint density at radius 1 is 1.09 bits per heavy atom. The van der Waals surface area contributed by atoms with Gasteiger partial charge >= 0.3 is 0 Å². The Morgan fingerprint density at radius 2 is 1.68 bits per heavy atom. The minimum Gasteiger partial charge on any atom is -0.334 e. The van der Waals surface area contributed by atoms with E-state index in [0.29, 0.717) is 0 Å². The second kappa shape index (κ2) is 5.73. The van der Waals surface area contributed by atoms with Gasteiger partial charge in [0.2, 0.25) is 0 Å².